The zero-order valence-corrected chi connectivity index (χ0v) is 9.46. The molecule has 1 aromatic heterocycles. The first kappa shape index (κ1) is 11.2. The number of nitrogens with one attached hydrogen (secondary N) is 1. The second kappa shape index (κ2) is 3.80. The normalized spacial score (nSPS) is 18.9. The molecule has 3 rings (SSSR count). The first-order chi connectivity index (χ1) is 8.59. The Morgan fingerprint density at radius 3 is 2.89 bits per heavy atom. The van der Waals surface area contributed by atoms with Gasteiger partial charge in [-0.25, -0.2) is 8.78 Å². The van der Waals surface area contributed by atoms with Crippen LogP contribution in [-0.4, -0.2) is 16.1 Å². The number of halogens is 2. The molecule has 2 N–H and O–H groups in total. The predicted octanol–water partition coefficient (Wildman–Crippen LogP) is 2.95. The monoisotopic (exact) mass is 251 g/mol. The summed E-state index contributed by atoms with van der Waals surface area (Å²) >= 11 is 0. The highest BCUT2D eigenvalue weighted by molar-refractivity contribution is 5.88. The number of fused-ring (bicyclic) bond motifs is 3. The van der Waals surface area contributed by atoms with E-state index in [1.165, 1.54) is 6.07 Å². The molecular formula is C13H11F2NO2. The topological polar surface area (TPSA) is 53.1 Å². The van der Waals surface area contributed by atoms with Crippen molar-refractivity contribution >= 4 is 16.9 Å². The summed E-state index contributed by atoms with van der Waals surface area (Å²) in [7, 11) is 0. The van der Waals surface area contributed by atoms with E-state index < -0.39 is 23.5 Å². The summed E-state index contributed by atoms with van der Waals surface area (Å²) in [4.78, 5) is 13.9. The fourth-order valence-corrected chi connectivity index (χ4v) is 2.72. The number of rotatable bonds is 1. The van der Waals surface area contributed by atoms with Crippen molar-refractivity contribution in [1.29, 1.82) is 0 Å². The molecule has 0 fully saturated rings. The van der Waals surface area contributed by atoms with Crippen LogP contribution in [0.2, 0.25) is 0 Å². The number of aromatic nitrogens is 1. The lowest BCUT2D eigenvalue weighted by atomic mass is 9.87. The largest absolute Gasteiger partial charge is 0.481 e. The number of aryl methyl sites for hydroxylation is 1. The Kier molecular flexibility index (Phi) is 2.36. The maximum Gasteiger partial charge on any atom is 0.312 e. The molecule has 0 saturated carbocycles. The molecule has 0 radical (unpaired) electrons. The molecule has 1 aliphatic rings. The molecule has 3 nitrogen and oxygen atoms in total. The Morgan fingerprint density at radius 2 is 2.17 bits per heavy atom. The summed E-state index contributed by atoms with van der Waals surface area (Å²) in [5, 5.41) is 9.74. The molecule has 0 spiro atoms. The van der Waals surface area contributed by atoms with Crippen molar-refractivity contribution in [1.82, 2.24) is 4.98 Å². The minimum atomic E-state index is -0.939. The van der Waals surface area contributed by atoms with E-state index in [1.54, 1.807) is 0 Å². The Balaban J connectivity index is 2.30. The highest BCUT2D eigenvalue weighted by Crippen LogP contribution is 2.37. The Bertz CT molecular complexity index is 648. The van der Waals surface area contributed by atoms with Gasteiger partial charge in [-0.05, 0) is 37.0 Å². The number of H-pyrrole nitrogens is 1. The number of aromatic amines is 1. The predicted molar refractivity (Wildman–Crippen MR) is 61.5 cm³/mol. The van der Waals surface area contributed by atoms with E-state index >= 15 is 0 Å². The smallest absolute Gasteiger partial charge is 0.312 e. The van der Waals surface area contributed by atoms with Crippen LogP contribution in [0.1, 0.15) is 30.0 Å². The molecule has 2 aromatic rings. The second-order valence-corrected chi connectivity index (χ2v) is 4.58. The zero-order valence-electron chi connectivity index (χ0n) is 9.46. The number of hydrogen-bond acceptors (Lipinski definition) is 1. The molecular weight excluding hydrogens is 240 g/mol. The molecule has 1 heterocycles. The van der Waals surface area contributed by atoms with Crippen LogP contribution < -0.4 is 0 Å². The molecule has 1 aromatic carbocycles. The maximum absolute atomic E-state index is 13.7. The lowest BCUT2D eigenvalue weighted by Gasteiger charge is -2.18. The number of aliphatic carboxylic acids is 1. The SMILES string of the molecule is O=C(O)C1CCCc2c1[nH]c1c(F)c(F)ccc21. The van der Waals surface area contributed by atoms with E-state index in [0.717, 1.165) is 18.1 Å². The van der Waals surface area contributed by atoms with Gasteiger partial charge in [0.05, 0.1) is 11.4 Å². The molecule has 94 valence electrons. The first-order valence-corrected chi connectivity index (χ1v) is 5.81. The van der Waals surface area contributed by atoms with Gasteiger partial charge in [0.25, 0.3) is 0 Å². The molecule has 0 aliphatic heterocycles. The van der Waals surface area contributed by atoms with Crippen LogP contribution >= 0.6 is 0 Å². The molecule has 1 aliphatic carbocycles. The Morgan fingerprint density at radius 1 is 1.39 bits per heavy atom. The van der Waals surface area contributed by atoms with Crippen molar-refractivity contribution < 1.29 is 18.7 Å². The summed E-state index contributed by atoms with van der Waals surface area (Å²) in [6.45, 7) is 0. The molecule has 0 bridgehead atoms. The van der Waals surface area contributed by atoms with Crippen LogP contribution in [-0.2, 0) is 11.2 Å². The van der Waals surface area contributed by atoms with Crippen LogP contribution in [0.25, 0.3) is 10.9 Å². The average Bonchev–Trinajstić information content (AvgIpc) is 2.72. The van der Waals surface area contributed by atoms with Crippen molar-refractivity contribution in [2.75, 3.05) is 0 Å². The summed E-state index contributed by atoms with van der Waals surface area (Å²) in [6, 6.07) is 2.59. The third kappa shape index (κ3) is 1.43. The van der Waals surface area contributed by atoms with Crippen molar-refractivity contribution in [2.24, 2.45) is 0 Å². The Labute approximate surface area is 101 Å². The van der Waals surface area contributed by atoms with Gasteiger partial charge in [0.1, 0.15) is 0 Å². The summed E-state index contributed by atoms with van der Waals surface area (Å²) in [5.41, 5.74) is 1.41. The van der Waals surface area contributed by atoms with Crippen molar-refractivity contribution in [3.05, 3.63) is 35.0 Å². The molecule has 0 amide bonds. The molecule has 1 unspecified atom stereocenters. The van der Waals surface area contributed by atoms with Crippen molar-refractivity contribution in [3.63, 3.8) is 0 Å². The highest BCUT2D eigenvalue weighted by Gasteiger charge is 2.30. The summed E-state index contributed by atoms with van der Waals surface area (Å²) < 4.78 is 26.8. The van der Waals surface area contributed by atoms with E-state index in [9.17, 15) is 13.6 Å². The van der Waals surface area contributed by atoms with Gasteiger partial charge in [-0.1, -0.05) is 0 Å². The van der Waals surface area contributed by atoms with Gasteiger partial charge in [-0.15, -0.1) is 0 Å². The zero-order chi connectivity index (χ0) is 12.9. The van der Waals surface area contributed by atoms with Gasteiger partial charge in [-0.3, -0.25) is 4.79 Å². The quantitative estimate of drug-likeness (QED) is 0.818. The average molecular weight is 251 g/mol. The lowest BCUT2D eigenvalue weighted by molar-refractivity contribution is -0.139. The van der Waals surface area contributed by atoms with Crippen LogP contribution in [0.5, 0.6) is 0 Å². The van der Waals surface area contributed by atoms with Gasteiger partial charge in [0.15, 0.2) is 11.6 Å². The van der Waals surface area contributed by atoms with Crippen molar-refractivity contribution in [3.8, 4) is 0 Å². The fourth-order valence-electron chi connectivity index (χ4n) is 2.72. The number of carbonyl (C=O) groups is 1. The fraction of sp³-hybridized carbons (Fsp3) is 0.308. The number of benzene rings is 1. The summed E-state index contributed by atoms with van der Waals surface area (Å²) in [5.74, 6) is -3.44. The second-order valence-electron chi connectivity index (χ2n) is 4.58. The summed E-state index contributed by atoms with van der Waals surface area (Å²) in [6.07, 6.45) is 1.97. The highest BCUT2D eigenvalue weighted by atomic mass is 19.2. The van der Waals surface area contributed by atoms with Crippen molar-refractivity contribution in [2.45, 2.75) is 25.2 Å². The molecule has 18 heavy (non-hydrogen) atoms. The minimum absolute atomic E-state index is 0.0770. The van der Waals surface area contributed by atoms with Gasteiger partial charge in [0.2, 0.25) is 0 Å². The lowest BCUT2D eigenvalue weighted by Crippen LogP contribution is -2.17. The van der Waals surface area contributed by atoms with Crippen LogP contribution in [0, 0.1) is 11.6 Å². The van der Waals surface area contributed by atoms with Gasteiger partial charge < -0.3 is 10.1 Å². The molecule has 5 heteroatoms. The van der Waals surface area contributed by atoms with Crippen LogP contribution in [0.15, 0.2) is 12.1 Å². The van der Waals surface area contributed by atoms with Crippen LogP contribution in [0.4, 0.5) is 8.78 Å². The molecule has 0 saturated heterocycles. The van der Waals surface area contributed by atoms with E-state index in [4.69, 9.17) is 5.11 Å². The van der Waals surface area contributed by atoms with Gasteiger partial charge in [-0.2, -0.15) is 0 Å². The van der Waals surface area contributed by atoms with Crippen LogP contribution in [0.3, 0.4) is 0 Å². The number of carboxylic acid groups (broad SMARTS) is 1. The third-order valence-electron chi connectivity index (χ3n) is 3.57. The minimum Gasteiger partial charge on any atom is -0.481 e. The van der Waals surface area contributed by atoms with E-state index in [2.05, 4.69) is 4.98 Å². The Hall–Kier alpha value is -1.91. The number of carboxylic acids is 1. The van der Waals surface area contributed by atoms with E-state index in [0.29, 0.717) is 23.9 Å². The van der Waals surface area contributed by atoms with E-state index in [1.807, 2.05) is 0 Å². The first-order valence-electron chi connectivity index (χ1n) is 5.81. The molecule has 1 atom stereocenters. The number of hydrogen-bond donors (Lipinski definition) is 2. The van der Waals surface area contributed by atoms with E-state index in [-0.39, 0.29) is 5.52 Å². The standard InChI is InChI=1S/C13H11F2NO2/c14-9-5-4-7-6-2-1-3-8(13(17)18)11(6)16-12(7)10(9)15/h4-5,8,16H,1-3H2,(H,17,18). The maximum atomic E-state index is 13.7. The third-order valence-corrected chi connectivity index (χ3v) is 3.57. The van der Waals surface area contributed by atoms with Gasteiger partial charge in [0, 0.05) is 11.1 Å². The van der Waals surface area contributed by atoms with Gasteiger partial charge >= 0.3 is 5.97 Å².